The first kappa shape index (κ1) is 24.1. The van der Waals surface area contributed by atoms with Crippen LogP contribution in [-0.4, -0.2) is 25.0 Å². The maximum Gasteiger partial charge on any atom is 0.223 e. The second-order valence-electron chi connectivity index (χ2n) is 7.99. The lowest BCUT2D eigenvalue weighted by atomic mass is 9.95. The molecule has 2 aromatic rings. The fourth-order valence-corrected chi connectivity index (χ4v) is 4.09. The monoisotopic (exact) mass is 408 g/mol. The standard InChI is InChI=1S/C25H34N2O.C2H6/c28-25(23-17-19-26-20-18-23)27-24(15-7-13-21-9-3-1-4-10-21)16-8-14-22-11-5-2-6-12-22;1-2/h1-6,9-12,23-24,26H,7-8,13-20H2,(H,27,28);1-2H3. The van der Waals surface area contributed by atoms with Crippen LogP contribution >= 0.6 is 0 Å². The molecule has 0 unspecified atom stereocenters. The molecule has 3 rings (SSSR count). The summed E-state index contributed by atoms with van der Waals surface area (Å²) in [5.41, 5.74) is 2.77. The van der Waals surface area contributed by atoms with E-state index in [4.69, 9.17) is 0 Å². The van der Waals surface area contributed by atoms with Gasteiger partial charge in [-0.3, -0.25) is 4.79 Å². The van der Waals surface area contributed by atoms with Crippen LogP contribution in [0.4, 0.5) is 0 Å². The Morgan fingerprint density at radius 3 is 1.80 bits per heavy atom. The van der Waals surface area contributed by atoms with E-state index in [0.717, 1.165) is 64.5 Å². The van der Waals surface area contributed by atoms with Gasteiger partial charge in [-0.1, -0.05) is 74.5 Å². The van der Waals surface area contributed by atoms with Crippen LogP contribution in [0.1, 0.15) is 63.5 Å². The lowest BCUT2D eigenvalue weighted by molar-refractivity contribution is -0.126. The number of hydrogen-bond donors (Lipinski definition) is 2. The van der Waals surface area contributed by atoms with E-state index in [1.54, 1.807) is 0 Å². The van der Waals surface area contributed by atoms with Crippen LogP contribution in [0.2, 0.25) is 0 Å². The second-order valence-corrected chi connectivity index (χ2v) is 7.99. The Morgan fingerprint density at radius 1 is 0.867 bits per heavy atom. The van der Waals surface area contributed by atoms with Crippen molar-refractivity contribution >= 4 is 5.91 Å². The Balaban J connectivity index is 0.00000155. The van der Waals surface area contributed by atoms with Crippen LogP contribution in [-0.2, 0) is 17.6 Å². The molecule has 0 radical (unpaired) electrons. The van der Waals surface area contributed by atoms with Gasteiger partial charge in [-0.2, -0.15) is 0 Å². The first-order chi connectivity index (χ1) is 14.8. The molecule has 30 heavy (non-hydrogen) atoms. The summed E-state index contributed by atoms with van der Waals surface area (Å²) in [6.45, 7) is 5.93. The smallest absolute Gasteiger partial charge is 0.223 e. The SMILES string of the molecule is CC.O=C(NC(CCCc1ccccc1)CCCc1ccccc1)C1CCNCC1. The molecule has 0 saturated carbocycles. The maximum absolute atomic E-state index is 12.7. The highest BCUT2D eigenvalue weighted by Gasteiger charge is 2.23. The minimum Gasteiger partial charge on any atom is -0.353 e. The maximum atomic E-state index is 12.7. The van der Waals surface area contributed by atoms with Gasteiger partial charge in [0.1, 0.15) is 0 Å². The summed E-state index contributed by atoms with van der Waals surface area (Å²) in [6.07, 6.45) is 8.44. The highest BCUT2D eigenvalue weighted by atomic mass is 16.1. The summed E-state index contributed by atoms with van der Waals surface area (Å²) >= 11 is 0. The molecule has 2 aromatic carbocycles. The molecule has 0 bridgehead atoms. The Morgan fingerprint density at radius 2 is 1.33 bits per heavy atom. The van der Waals surface area contributed by atoms with Gasteiger partial charge < -0.3 is 10.6 Å². The number of carbonyl (C=O) groups excluding carboxylic acids is 1. The van der Waals surface area contributed by atoms with Crippen LogP contribution in [0, 0.1) is 5.92 Å². The normalized spacial score (nSPS) is 14.1. The molecule has 1 heterocycles. The van der Waals surface area contributed by atoms with E-state index in [2.05, 4.69) is 71.3 Å². The molecular weight excluding hydrogens is 368 g/mol. The Kier molecular flexibility index (Phi) is 11.9. The zero-order valence-corrected chi connectivity index (χ0v) is 18.9. The zero-order valence-electron chi connectivity index (χ0n) is 18.9. The van der Waals surface area contributed by atoms with Crippen molar-refractivity contribution in [3.63, 3.8) is 0 Å². The molecule has 3 nitrogen and oxygen atoms in total. The number of benzene rings is 2. The molecular formula is C27H40N2O. The molecule has 1 fully saturated rings. The average molecular weight is 409 g/mol. The van der Waals surface area contributed by atoms with E-state index in [0.29, 0.717) is 0 Å². The number of nitrogens with one attached hydrogen (secondary N) is 2. The van der Waals surface area contributed by atoms with Crippen molar-refractivity contribution in [1.82, 2.24) is 10.6 Å². The summed E-state index contributed by atoms with van der Waals surface area (Å²) in [5.74, 6) is 0.456. The molecule has 0 aromatic heterocycles. The van der Waals surface area contributed by atoms with E-state index in [9.17, 15) is 4.79 Å². The second kappa shape index (κ2) is 14.8. The van der Waals surface area contributed by atoms with Gasteiger partial charge >= 0.3 is 0 Å². The van der Waals surface area contributed by atoms with Crippen molar-refractivity contribution in [3.05, 3.63) is 71.8 Å². The van der Waals surface area contributed by atoms with Crippen molar-refractivity contribution in [3.8, 4) is 0 Å². The molecule has 164 valence electrons. The number of hydrogen-bond acceptors (Lipinski definition) is 2. The summed E-state index contributed by atoms with van der Waals surface area (Å²) in [5, 5.41) is 6.74. The van der Waals surface area contributed by atoms with Gasteiger partial charge in [0.05, 0.1) is 0 Å². The third kappa shape index (κ3) is 9.13. The Labute approximate surface area is 183 Å². The number of piperidine rings is 1. The fourth-order valence-electron chi connectivity index (χ4n) is 4.09. The molecule has 0 atom stereocenters. The first-order valence-corrected chi connectivity index (χ1v) is 11.9. The summed E-state index contributed by atoms with van der Waals surface area (Å²) in [4.78, 5) is 12.7. The molecule has 1 aliphatic heterocycles. The summed E-state index contributed by atoms with van der Waals surface area (Å²) in [6, 6.07) is 21.6. The number of amides is 1. The van der Waals surface area contributed by atoms with Crippen LogP contribution < -0.4 is 10.6 Å². The largest absolute Gasteiger partial charge is 0.353 e. The van der Waals surface area contributed by atoms with Crippen molar-refractivity contribution in [1.29, 1.82) is 0 Å². The lowest BCUT2D eigenvalue weighted by Gasteiger charge is -2.25. The van der Waals surface area contributed by atoms with Crippen molar-refractivity contribution in [2.24, 2.45) is 5.92 Å². The van der Waals surface area contributed by atoms with Gasteiger partial charge in [-0.05, 0) is 75.6 Å². The van der Waals surface area contributed by atoms with Gasteiger partial charge in [0.15, 0.2) is 0 Å². The zero-order chi connectivity index (χ0) is 21.4. The lowest BCUT2D eigenvalue weighted by Crippen LogP contribution is -2.42. The minimum atomic E-state index is 0.187. The van der Waals surface area contributed by atoms with Gasteiger partial charge in [-0.15, -0.1) is 0 Å². The van der Waals surface area contributed by atoms with E-state index < -0.39 is 0 Å². The summed E-state index contributed by atoms with van der Waals surface area (Å²) in [7, 11) is 0. The van der Waals surface area contributed by atoms with Crippen LogP contribution in [0.25, 0.3) is 0 Å². The highest BCUT2D eigenvalue weighted by molar-refractivity contribution is 5.79. The molecule has 3 heteroatoms. The molecule has 0 spiro atoms. The molecule has 1 saturated heterocycles. The van der Waals surface area contributed by atoms with E-state index in [-0.39, 0.29) is 17.9 Å². The van der Waals surface area contributed by atoms with E-state index in [1.807, 2.05) is 13.8 Å². The third-order valence-electron chi connectivity index (χ3n) is 5.78. The predicted octanol–water partition coefficient (Wildman–Crippen LogP) is 5.54. The fraction of sp³-hybridized carbons (Fsp3) is 0.519. The van der Waals surface area contributed by atoms with E-state index in [1.165, 1.54) is 11.1 Å². The highest BCUT2D eigenvalue weighted by Crippen LogP contribution is 2.16. The van der Waals surface area contributed by atoms with Crippen molar-refractivity contribution in [2.75, 3.05) is 13.1 Å². The molecule has 0 aliphatic carbocycles. The van der Waals surface area contributed by atoms with Crippen molar-refractivity contribution < 1.29 is 4.79 Å². The number of rotatable bonds is 10. The molecule has 1 amide bonds. The Hall–Kier alpha value is -2.13. The third-order valence-corrected chi connectivity index (χ3v) is 5.78. The topological polar surface area (TPSA) is 41.1 Å². The predicted molar refractivity (Wildman–Crippen MR) is 128 cm³/mol. The molecule has 2 N–H and O–H groups in total. The van der Waals surface area contributed by atoms with E-state index >= 15 is 0 Å². The van der Waals surface area contributed by atoms with Gasteiger partial charge in [0.2, 0.25) is 5.91 Å². The minimum absolute atomic E-state index is 0.187. The van der Waals surface area contributed by atoms with Crippen LogP contribution in [0.15, 0.2) is 60.7 Å². The molecule has 1 aliphatic rings. The first-order valence-electron chi connectivity index (χ1n) is 11.9. The van der Waals surface area contributed by atoms with Gasteiger partial charge in [0.25, 0.3) is 0 Å². The van der Waals surface area contributed by atoms with Crippen molar-refractivity contribution in [2.45, 2.75) is 71.3 Å². The average Bonchev–Trinajstić information content (AvgIpc) is 2.82. The van der Waals surface area contributed by atoms with Gasteiger partial charge in [-0.25, -0.2) is 0 Å². The van der Waals surface area contributed by atoms with Gasteiger partial charge in [0, 0.05) is 12.0 Å². The quantitative estimate of drug-likeness (QED) is 0.542. The summed E-state index contributed by atoms with van der Waals surface area (Å²) < 4.78 is 0. The van der Waals surface area contributed by atoms with Crippen LogP contribution in [0.5, 0.6) is 0 Å². The number of aryl methyl sites for hydroxylation is 2. The Bertz CT molecular complexity index is 635. The van der Waals surface area contributed by atoms with Crippen LogP contribution in [0.3, 0.4) is 0 Å². The number of carbonyl (C=O) groups is 1.